The van der Waals surface area contributed by atoms with Gasteiger partial charge in [-0.15, -0.1) is 11.3 Å². The molecule has 0 aromatic carbocycles. The van der Waals surface area contributed by atoms with E-state index in [-0.39, 0.29) is 5.91 Å². The third kappa shape index (κ3) is 4.89. The zero-order valence-electron chi connectivity index (χ0n) is 11.3. The number of hydrogen-bond acceptors (Lipinski definition) is 3. The molecule has 2 rings (SSSR count). The minimum absolute atomic E-state index is 0.259. The molecule has 1 unspecified atom stereocenters. The van der Waals surface area contributed by atoms with E-state index >= 15 is 0 Å². The molecule has 1 amide bonds. The number of rotatable bonds is 5. The summed E-state index contributed by atoms with van der Waals surface area (Å²) in [6.45, 7) is 2.94. The molecular weight excluding hydrogens is 324 g/mol. The molecule has 106 valence electrons. The Kier molecular flexibility index (Phi) is 5.85. The van der Waals surface area contributed by atoms with Gasteiger partial charge < -0.3 is 10.2 Å². The number of thiophene rings is 1. The number of nitrogens with zero attached hydrogens (tertiary/aromatic N) is 1. The number of amides is 1. The fourth-order valence-electron chi connectivity index (χ4n) is 2.45. The van der Waals surface area contributed by atoms with Gasteiger partial charge in [0.05, 0.1) is 6.54 Å². The van der Waals surface area contributed by atoms with E-state index in [9.17, 15) is 4.79 Å². The van der Waals surface area contributed by atoms with Gasteiger partial charge in [-0.3, -0.25) is 4.79 Å². The third-order valence-corrected chi connectivity index (χ3v) is 5.29. The van der Waals surface area contributed by atoms with Crippen LogP contribution in [0.15, 0.2) is 15.9 Å². The Bertz CT molecular complexity index is 415. The average Bonchev–Trinajstić information content (AvgIpc) is 2.82. The van der Waals surface area contributed by atoms with Gasteiger partial charge >= 0.3 is 0 Å². The second-order valence-electron chi connectivity index (χ2n) is 5.23. The van der Waals surface area contributed by atoms with Crippen LogP contribution >= 0.6 is 27.3 Å². The van der Waals surface area contributed by atoms with E-state index in [0.29, 0.717) is 12.3 Å². The lowest BCUT2D eigenvalue weighted by atomic mass is 9.94. The van der Waals surface area contributed by atoms with Gasteiger partial charge in [-0.1, -0.05) is 0 Å². The average molecular weight is 345 g/mol. The maximum atomic E-state index is 12.1. The molecule has 1 N–H and O–H groups in total. The summed E-state index contributed by atoms with van der Waals surface area (Å²) in [5.41, 5.74) is 0. The Morgan fingerprint density at radius 3 is 3.11 bits per heavy atom. The summed E-state index contributed by atoms with van der Waals surface area (Å²) in [6, 6.07) is 2.08. The van der Waals surface area contributed by atoms with Crippen molar-refractivity contribution >= 4 is 33.2 Å². The van der Waals surface area contributed by atoms with Crippen LogP contribution in [0.25, 0.3) is 0 Å². The Morgan fingerprint density at radius 1 is 1.63 bits per heavy atom. The molecule has 0 bridgehead atoms. The molecule has 0 spiro atoms. The van der Waals surface area contributed by atoms with Gasteiger partial charge in [-0.25, -0.2) is 0 Å². The first kappa shape index (κ1) is 15.0. The van der Waals surface area contributed by atoms with E-state index in [1.54, 1.807) is 11.3 Å². The summed E-state index contributed by atoms with van der Waals surface area (Å²) in [7, 11) is 1.90. The van der Waals surface area contributed by atoms with E-state index in [1.165, 1.54) is 17.7 Å². The predicted octanol–water partition coefficient (Wildman–Crippen LogP) is 3.25. The number of piperidine rings is 1. The molecule has 0 aliphatic carbocycles. The van der Waals surface area contributed by atoms with Crippen molar-refractivity contribution in [2.24, 2.45) is 5.92 Å². The first-order chi connectivity index (χ1) is 9.15. The molecule has 5 heteroatoms. The van der Waals surface area contributed by atoms with E-state index in [1.807, 2.05) is 11.9 Å². The van der Waals surface area contributed by atoms with Gasteiger partial charge in [0.25, 0.3) is 0 Å². The summed E-state index contributed by atoms with van der Waals surface area (Å²) < 4.78 is 1.10. The quantitative estimate of drug-likeness (QED) is 0.889. The summed E-state index contributed by atoms with van der Waals surface area (Å²) in [4.78, 5) is 15.2. The molecule has 1 aromatic rings. The molecule has 0 radical (unpaired) electrons. The van der Waals surface area contributed by atoms with Crippen LogP contribution in [0.4, 0.5) is 0 Å². The highest BCUT2D eigenvalue weighted by atomic mass is 79.9. The maximum Gasteiger partial charge on any atom is 0.222 e. The van der Waals surface area contributed by atoms with Crippen molar-refractivity contribution in [1.29, 1.82) is 0 Å². The standard InChI is InChI=1S/C14H21BrN2OS/c1-17(9-13-7-12(15)10-19-13)14(18)5-4-11-3-2-6-16-8-11/h7,10-11,16H,2-6,8-9H2,1H3. The Morgan fingerprint density at radius 2 is 2.47 bits per heavy atom. The Labute approximate surface area is 127 Å². The fraction of sp³-hybridized carbons (Fsp3) is 0.643. The molecule has 1 atom stereocenters. The highest BCUT2D eigenvalue weighted by molar-refractivity contribution is 9.10. The smallest absolute Gasteiger partial charge is 0.222 e. The van der Waals surface area contributed by atoms with Gasteiger partial charge in [-0.05, 0) is 60.3 Å². The lowest BCUT2D eigenvalue weighted by molar-refractivity contribution is -0.130. The van der Waals surface area contributed by atoms with Gasteiger partial charge in [0, 0.05) is 28.2 Å². The lowest BCUT2D eigenvalue weighted by Crippen LogP contribution is -2.31. The Hall–Kier alpha value is -0.390. The van der Waals surface area contributed by atoms with Crippen LogP contribution in [0.2, 0.25) is 0 Å². The summed E-state index contributed by atoms with van der Waals surface area (Å²) in [5, 5.41) is 5.46. The second kappa shape index (κ2) is 7.41. The number of carbonyl (C=O) groups is 1. The minimum Gasteiger partial charge on any atom is -0.341 e. The minimum atomic E-state index is 0.259. The largest absolute Gasteiger partial charge is 0.341 e. The predicted molar refractivity (Wildman–Crippen MR) is 83.3 cm³/mol. The van der Waals surface area contributed by atoms with Crippen molar-refractivity contribution < 1.29 is 4.79 Å². The zero-order chi connectivity index (χ0) is 13.7. The van der Waals surface area contributed by atoms with Gasteiger partial charge in [0.1, 0.15) is 0 Å². The molecular formula is C14H21BrN2OS. The van der Waals surface area contributed by atoms with Crippen molar-refractivity contribution in [2.45, 2.75) is 32.2 Å². The van der Waals surface area contributed by atoms with Crippen molar-refractivity contribution in [2.75, 3.05) is 20.1 Å². The molecule has 1 fully saturated rings. The number of carbonyl (C=O) groups excluding carboxylic acids is 1. The summed E-state index contributed by atoms with van der Waals surface area (Å²) in [5.74, 6) is 0.942. The molecule has 0 saturated carbocycles. The normalized spacial score (nSPS) is 19.4. The number of nitrogens with one attached hydrogen (secondary N) is 1. The van der Waals surface area contributed by atoms with Gasteiger partial charge in [0.2, 0.25) is 5.91 Å². The van der Waals surface area contributed by atoms with Crippen LogP contribution in [-0.2, 0) is 11.3 Å². The zero-order valence-corrected chi connectivity index (χ0v) is 13.7. The monoisotopic (exact) mass is 344 g/mol. The van der Waals surface area contributed by atoms with Crippen LogP contribution in [0, 0.1) is 5.92 Å². The third-order valence-electron chi connectivity index (χ3n) is 3.61. The van der Waals surface area contributed by atoms with E-state index in [4.69, 9.17) is 0 Å². The van der Waals surface area contributed by atoms with E-state index < -0.39 is 0 Å². The van der Waals surface area contributed by atoms with Crippen LogP contribution in [0.1, 0.15) is 30.6 Å². The van der Waals surface area contributed by atoms with Gasteiger partial charge in [0.15, 0.2) is 0 Å². The van der Waals surface area contributed by atoms with E-state index in [2.05, 4.69) is 32.7 Å². The molecule has 1 aliphatic rings. The van der Waals surface area contributed by atoms with Crippen LogP contribution in [0.3, 0.4) is 0 Å². The first-order valence-corrected chi connectivity index (χ1v) is 8.50. The molecule has 19 heavy (non-hydrogen) atoms. The van der Waals surface area contributed by atoms with E-state index in [0.717, 1.165) is 30.5 Å². The molecule has 1 aliphatic heterocycles. The van der Waals surface area contributed by atoms with Crippen molar-refractivity contribution in [3.05, 3.63) is 20.8 Å². The van der Waals surface area contributed by atoms with Crippen LogP contribution < -0.4 is 5.32 Å². The second-order valence-corrected chi connectivity index (χ2v) is 7.14. The summed E-state index contributed by atoms with van der Waals surface area (Å²) in [6.07, 6.45) is 4.21. The van der Waals surface area contributed by atoms with Crippen molar-refractivity contribution in [1.82, 2.24) is 10.2 Å². The Balaban J connectivity index is 1.72. The molecule has 1 aromatic heterocycles. The lowest BCUT2D eigenvalue weighted by Gasteiger charge is -2.23. The highest BCUT2D eigenvalue weighted by Gasteiger charge is 2.16. The number of hydrogen-bond donors (Lipinski definition) is 1. The highest BCUT2D eigenvalue weighted by Crippen LogP contribution is 2.21. The SMILES string of the molecule is CN(Cc1cc(Br)cs1)C(=O)CCC1CCCNC1. The maximum absolute atomic E-state index is 12.1. The van der Waals surface area contributed by atoms with Crippen LogP contribution in [0.5, 0.6) is 0 Å². The fourth-order valence-corrected chi connectivity index (χ4v) is 3.95. The van der Waals surface area contributed by atoms with Crippen molar-refractivity contribution in [3.63, 3.8) is 0 Å². The van der Waals surface area contributed by atoms with Crippen molar-refractivity contribution in [3.8, 4) is 0 Å². The topological polar surface area (TPSA) is 32.3 Å². The molecule has 1 saturated heterocycles. The van der Waals surface area contributed by atoms with Crippen LogP contribution in [-0.4, -0.2) is 30.9 Å². The molecule has 3 nitrogen and oxygen atoms in total. The first-order valence-electron chi connectivity index (χ1n) is 6.82. The molecule has 2 heterocycles. The summed E-state index contributed by atoms with van der Waals surface area (Å²) >= 11 is 5.13. The number of halogens is 1. The van der Waals surface area contributed by atoms with Gasteiger partial charge in [-0.2, -0.15) is 0 Å².